The normalized spacial score (nSPS) is 21.6. The number of likely N-dealkylation sites (tertiary alicyclic amines) is 2. The van der Waals surface area contributed by atoms with Crippen LogP contribution in [0.4, 0.5) is 0 Å². The molecule has 4 rings (SSSR count). The smallest absolute Gasteiger partial charge is 0.224 e. The number of aromatic nitrogens is 1. The van der Waals surface area contributed by atoms with Gasteiger partial charge in [0.25, 0.3) is 0 Å². The largest absolute Gasteiger partial charge is 0.466 e. The summed E-state index contributed by atoms with van der Waals surface area (Å²) >= 11 is 0. The summed E-state index contributed by atoms with van der Waals surface area (Å²) in [4.78, 5) is 22.0. The summed E-state index contributed by atoms with van der Waals surface area (Å²) in [7, 11) is 0. The highest BCUT2D eigenvalue weighted by molar-refractivity contribution is 5.78. The summed E-state index contributed by atoms with van der Waals surface area (Å²) in [5.74, 6) is 2.18. The topological polar surface area (TPSA) is 61.6 Å². The zero-order chi connectivity index (χ0) is 20.8. The highest BCUT2D eigenvalue weighted by Gasteiger charge is 2.31. The number of pyridine rings is 1. The van der Waals surface area contributed by atoms with E-state index in [1.54, 1.807) is 0 Å². The van der Waals surface area contributed by atoms with Gasteiger partial charge in [0.05, 0.1) is 5.92 Å². The second-order valence-corrected chi connectivity index (χ2v) is 8.76. The van der Waals surface area contributed by atoms with Gasteiger partial charge in [-0.25, -0.2) is 0 Å². The van der Waals surface area contributed by atoms with Crippen LogP contribution in [0.25, 0.3) is 0 Å². The average molecular weight is 411 g/mol. The molecule has 0 bridgehead atoms. The van der Waals surface area contributed by atoms with E-state index in [4.69, 9.17) is 4.42 Å². The minimum Gasteiger partial charge on any atom is -0.466 e. The number of hydrogen-bond donors (Lipinski definition) is 1. The third-order valence-electron chi connectivity index (χ3n) is 6.49. The molecule has 2 fully saturated rings. The Morgan fingerprint density at radius 2 is 2.07 bits per heavy atom. The number of carbonyl (C=O) groups excluding carboxylic acids is 1. The van der Waals surface area contributed by atoms with Gasteiger partial charge in [0.2, 0.25) is 5.91 Å². The summed E-state index contributed by atoms with van der Waals surface area (Å²) in [5.41, 5.74) is 1.29. The molecule has 2 aliphatic rings. The van der Waals surface area contributed by atoms with Gasteiger partial charge in [-0.1, -0.05) is 6.07 Å². The van der Waals surface area contributed by atoms with Crippen molar-refractivity contribution in [1.82, 2.24) is 20.1 Å². The van der Waals surface area contributed by atoms with Crippen molar-refractivity contribution in [2.75, 3.05) is 32.7 Å². The second-order valence-electron chi connectivity index (χ2n) is 8.76. The molecule has 1 amide bonds. The molecular weight excluding hydrogens is 376 g/mol. The van der Waals surface area contributed by atoms with Crippen LogP contribution in [0.3, 0.4) is 0 Å². The molecule has 30 heavy (non-hydrogen) atoms. The van der Waals surface area contributed by atoms with Gasteiger partial charge < -0.3 is 9.73 Å². The van der Waals surface area contributed by atoms with E-state index in [2.05, 4.69) is 26.2 Å². The van der Waals surface area contributed by atoms with Crippen LogP contribution in [0.1, 0.15) is 42.8 Å². The predicted molar refractivity (Wildman–Crippen MR) is 117 cm³/mol. The van der Waals surface area contributed by atoms with Crippen molar-refractivity contribution in [3.63, 3.8) is 0 Å². The minimum atomic E-state index is 0.116. The first-order valence-corrected chi connectivity index (χ1v) is 11.4. The number of amides is 1. The monoisotopic (exact) mass is 410 g/mol. The van der Waals surface area contributed by atoms with Crippen molar-refractivity contribution < 1.29 is 9.21 Å². The Labute approximate surface area is 179 Å². The number of nitrogens with zero attached hydrogens (tertiary/aromatic N) is 3. The third-order valence-corrected chi connectivity index (χ3v) is 6.49. The summed E-state index contributed by atoms with van der Waals surface area (Å²) in [5, 5.41) is 3.13. The van der Waals surface area contributed by atoms with Crippen LogP contribution in [-0.4, -0.2) is 59.5 Å². The minimum absolute atomic E-state index is 0.116. The van der Waals surface area contributed by atoms with E-state index < -0.39 is 0 Å². The van der Waals surface area contributed by atoms with Crippen LogP contribution in [0, 0.1) is 12.8 Å². The van der Waals surface area contributed by atoms with Gasteiger partial charge in [0.15, 0.2) is 0 Å². The Bertz CT molecular complexity index is 799. The van der Waals surface area contributed by atoms with E-state index in [9.17, 15) is 4.79 Å². The molecule has 2 saturated heterocycles. The Balaban J connectivity index is 1.19. The van der Waals surface area contributed by atoms with Crippen molar-refractivity contribution in [3.8, 4) is 0 Å². The molecule has 2 aromatic rings. The van der Waals surface area contributed by atoms with Gasteiger partial charge in [0.1, 0.15) is 11.5 Å². The molecule has 0 radical (unpaired) electrons. The molecular formula is C24H34N4O2. The van der Waals surface area contributed by atoms with Crippen LogP contribution < -0.4 is 5.32 Å². The van der Waals surface area contributed by atoms with Gasteiger partial charge in [-0.3, -0.25) is 19.6 Å². The van der Waals surface area contributed by atoms with Crippen molar-refractivity contribution in [3.05, 3.63) is 53.7 Å². The number of nitrogens with one attached hydrogen (secondary N) is 1. The first-order valence-electron chi connectivity index (χ1n) is 11.4. The Morgan fingerprint density at radius 3 is 2.80 bits per heavy atom. The van der Waals surface area contributed by atoms with Gasteiger partial charge >= 0.3 is 0 Å². The van der Waals surface area contributed by atoms with Crippen LogP contribution in [-0.2, 0) is 17.8 Å². The molecule has 0 unspecified atom stereocenters. The van der Waals surface area contributed by atoms with E-state index in [0.29, 0.717) is 12.6 Å². The molecule has 2 aliphatic heterocycles. The maximum atomic E-state index is 12.7. The number of piperidine rings is 2. The maximum absolute atomic E-state index is 12.7. The fraction of sp³-hybridized carbons (Fsp3) is 0.583. The van der Waals surface area contributed by atoms with Crippen LogP contribution >= 0.6 is 0 Å². The summed E-state index contributed by atoms with van der Waals surface area (Å²) in [6, 6.07) is 8.73. The lowest BCUT2D eigenvalue weighted by Crippen LogP contribution is -2.50. The predicted octanol–water partition coefficient (Wildman–Crippen LogP) is 3.02. The number of furan rings is 1. The van der Waals surface area contributed by atoms with Crippen LogP contribution in [0.5, 0.6) is 0 Å². The third kappa shape index (κ3) is 5.70. The van der Waals surface area contributed by atoms with Gasteiger partial charge in [-0.15, -0.1) is 0 Å². The molecule has 1 N–H and O–H groups in total. The molecule has 0 spiro atoms. The first kappa shape index (κ1) is 21.1. The fourth-order valence-electron chi connectivity index (χ4n) is 4.82. The van der Waals surface area contributed by atoms with E-state index in [0.717, 1.165) is 63.5 Å². The number of carbonyl (C=O) groups is 1. The molecule has 162 valence electrons. The summed E-state index contributed by atoms with van der Waals surface area (Å²) in [6.45, 7) is 7.85. The molecule has 6 nitrogen and oxygen atoms in total. The maximum Gasteiger partial charge on any atom is 0.224 e. The average Bonchev–Trinajstić information content (AvgIpc) is 3.20. The van der Waals surface area contributed by atoms with Crippen molar-refractivity contribution in [1.29, 1.82) is 0 Å². The Morgan fingerprint density at radius 1 is 1.20 bits per heavy atom. The number of aryl methyl sites for hydroxylation is 1. The number of rotatable bonds is 7. The zero-order valence-corrected chi connectivity index (χ0v) is 18.1. The second kappa shape index (κ2) is 10.2. The van der Waals surface area contributed by atoms with Crippen molar-refractivity contribution >= 4 is 5.91 Å². The van der Waals surface area contributed by atoms with Gasteiger partial charge in [-0.05, 0) is 76.0 Å². The molecule has 1 atom stereocenters. The Kier molecular flexibility index (Phi) is 7.18. The molecule has 0 aliphatic carbocycles. The van der Waals surface area contributed by atoms with E-state index >= 15 is 0 Å². The highest BCUT2D eigenvalue weighted by Crippen LogP contribution is 2.24. The van der Waals surface area contributed by atoms with Gasteiger partial charge in [-0.2, -0.15) is 0 Å². The first-order chi connectivity index (χ1) is 14.7. The molecule has 6 heteroatoms. The van der Waals surface area contributed by atoms with E-state index in [1.807, 2.05) is 37.5 Å². The lowest BCUT2D eigenvalue weighted by atomic mass is 9.93. The Hall–Kier alpha value is -2.18. The van der Waals surface area contributed by atoms with Crippen LogP contribution in [0.2, 0.25) is 0 Å². The SMILES string of the molecule is Cc1ccc(CCNC(=O)[C@@H]2CCCN(C3CCN(Cc4cccnc4)CC3)C2)o1. The van der Waals surface area contributed by atoms with E-state index in [-0.39, 0.29) is 11.8 Å². The quantitative estimate of drug-likeness (QED) is 0.760. The van der Waals surface area contributed by atoms with Gasteiger partial charge in [0, 0.05) is 44.5 Å². The van der Waals surface area contributed by atoms with Crippen molar-refractivity contribution in [2.45, 2.75) is 51.6 Å². The zero-order valence-electron chi connectivity index (χ0n) is 18.1. The summed E-state index contributed by atoms with van der Waals surface area (Å²) < 4.78 is 5.59. The van der Waals surface area contributed by atoms with Crippen LogP contribution in [0.15, 0.2) is 41.1 Å². The highest BCUT2D eigenvalue weighted by atomic mass is 16.3. The standard InChI is InChI=1S/C24H34N4O2/c1-19-6-7-23(30-19)8-12-26-24(29)21-5-3-13-28(18-21)22-9-14-27(15-10-22)17-20-4-2-11-25-16-20/h2,4,6-7,11,16,21-22H,3,5,8-10,12-15,17-18H2,1H3,(H,26,29)/t21-/m1/s1. The lowest BCUT2D eigenvalue weighted by molar-refractivity contribution is -0.127. The molecule has 4 heterocycles. The lowest BCUT2D eigenvalue weighted by Gasteiger charge is -2.42. The summed E-state index contributed by atoms with van der Waals surface area (Å²) in [6.07, 6.45) is 9.04. The molecule has 0 saturated carbocycles. The number of hydrogen-bond acceptors (Lipinski definition) is 5. The molecule has 2 aromatic heterocycles. The molecule has 0 aromatic carbocycles. The fourth-order valence-corrected chi connectivity index (χ4v) is 4.82. The van der Waals surface area contributed by atoms with Crippen molar-refractivity contribution in [2.24, 2.45) is 5.92 Å². The van der Waals surface area contributed by atoms with E-state index in [1.165, 1.54) is 18.4 Å².